The van der Waals surface area contributed by atoms with Gasteiger partial charge >= 0.3 is 6.18 Å². The Labute approximate surface area is 152 Å². The van der Waals surface area contributed by atoms with Crippen LogP contribution in [0.5, 0.6) is 0 Å². The van der Waals surface area contributed by atoms with E-state index in [4.69, 9.17) is 0 Å². The number of benzene rings is 1. The second-order valence-corrected chi connectivity index (χ2v) is 5.67. The van der Waals surface area contributed by atoms with Crippen molar-refractivity contribution in [2.45, 2.75) is 37.8 Å². The summed E-state index contributed by atoms with van der Waals surface area (Å²) in [6.07, 6.45) is -1.47. The Bertz CT molecular complexity index is 540. The topological polar surface area (TPSA) is 36.4 Å². The maximum absolute atomic E-state index is 12.9. The largest absolute Gasteiger partial charge is 0.416 e. The van der Waals surface area contributed by atoms with Crippen molar-refractivity contribution in [3.8, 4) is 0 Å². The molecule has 2 N–H and O–H groups in total. The van der Waals surface area contributed by atoms with Crippen LogP contribution in [0, 0.1) is 0 Å². The highest BCUT2D eigenvalue weighted by Gasteiger charge is 2.40. The Balaban J connectivity index is 0.00000264. The molecule has 1 aromatic carbocycles. The third-order valence-corrected chi connectivity index (χ3v) is 4.27. The number of guanidine groups is 1. The number of rotatable bonds is 4. The molecule has 1 aliphatic carbocycles. The van der Waals surface area contributed by atoms with E-state index in [9.17, 15) is 13.2 Å². The van der Waals surface area contributed by atoms with E-state index in [-0.39, 0.29) is 29.4 Å². The summed E-state index contributed by atoms with van der Waals surface area (Å²) in [7, 11) is 1.68. The lowest BCUT2D eigenvalue weighted by molar-refractivity contribution is -0.137. The van der Waals surface area contributed by atoms with E-state index in [1.165, 1.54) is 12.1 Å². The minimum Gasteiger partial charge on any atom is -0.357 e. The molecule has 0 saturated heterocycles. The molecule has 3 nitrogen and oxygen atoms in total. The molecule has 130 valence electrons. The van der Waals surface area contributed by atoms with Gasteiger partial charge in [-0.05, 0) is 31.4 Å². The smallest absolute Gasteiger partial charge is 0.357 e. The van der Waals surface area contributed by atoms with Gasteiger partial charge in [-0.15, -0.1) is 24.0 Å². The molecular formula is C16H23F3IN3. The van der Waals surface area contributed by atoms with Crippen LogP contribution in [0.3, 0.4) is 0 Å². The van der Waals surface area contributed by atoms with Crippen molar-refractivity contribution >= 4 is 29.9 Å². The van der Waals surface area contributed by atoms with Gasteiger partial charge in [0.1, 0.15) is 0 Å². The zero-order valence-corrected chi connectivity index (χ0v) is 15.7. The van der Waals surface area contributed by atoms with Crippen molar-refractivity contribution in [3.05, 3.63) is 35.4 Å². The minimum atomic E-state index is -4.30. The average molecular weight is 441 g/mol. The number of nitrogens with one attached hydrogen (secondary N) is 2. The first kappa shape index (κ1) is 20.1. The Morgan fingerprint density at radius 2 is 1.96 bits per heavy atom. The summed E-state index contributed by atoms with van der Waals surface area (Å²) in [5, 5.41) is 6.33. The molecule has 1 saturated carbocycles. The van der Waals surface area contributed by atoms with Gasteiger partial charge in [0.25, 0.3) is 0 Å². The van der Waals surface area contributed by atoms with Crippen LogP contribution >= 0.6 is 24.0 Å². The van der Waals surface area contributed by atoms with E-state index in [1.54, 1.807) is 13.1 Å². The van der Waals surface area contributed by atoms with E-state index in [0.717, 1.165) is 37.4 Å². The van der Waals surface area contributed by atoms with Crippen molar-refractivity contribution in [1.82, 2.24) is 10.6 Å². The fraction of sp³-hybridized carbons (Fsp3) is 0.562. The first-order chi connectivity index (χ1) is 10.4. The lowest BCUT2D eigenvalue weighted by Crippen LogP contribution is -2.48. The third kappa shape index (κ3) is 4.74. The maximum Gasteiger partial charge on any atom is 0.416 e. The Hall–Kier alpha value is -0.990. The highest BCUT2D eigenvalue weighted by Crippen LogP contribution is 2.44. The van der Waals surface area contributed by atoms with Crippen molar-refractivity contribution in [1.29, 1.82) is 0 Å². The van der Waals surface area contributed by atoms with Crippen molar-refractivity contribution in [2.75, 3.05) is 20.1 Å². The molecule has 1 fully saturated rings. The molecule has 2 rings (SSSR count). The molecular weight excluding hydrogens is 418 g/mol. The lowest BCUT2D eigenvalue weighted by Gasteiger charge is -2.43. The summed E-state index contributed by atoms with van der Waals surface area (Å²) in [5.41, 5.74) is -0.0486. The predicted molar refractivity (Wildman–Crippen MR) is 97.4 cm³/mol. The first-order valence-electron chi connectivity index (χ1n) is 7.53. The summed E-state index contributed by atoms with van der Waals surface area (Å²) in [6.45, 7) is 3.31. The number of hydrogen-bond acceptors (Lipinski definition) is 1. The van der Waals surface area contributed by atoms with Gasteiger partial charge in [-0.1, -0.05) is 24.6 Å². The van der Waals surface area contributed by atoms with Crippen LogP contribution < -0.4 is 10.6 Å². The molecule has 7 heteroatoms. The van der Waals surface area contributed by atoms with Crippen LogP contribution in [0.25, 0.3) is 0 Å². The van der Waals surface area contributed by atoms with Crippen molar-refractivity contribution in [2.24, 2.45) is 4.99 Å². The standard InChI is InChI=1S/C16H22F3N3.HI/c1-3-21-14(20-2)22-11-15(8-5-9-15)12-6-4-7-13(10-12)16(17,18)19;/h4,6-7,10H,3,5,8-9,11H2,1-2H3,(H2,20,21,22);1H. The zero-order chi connectivity index (χ0) is 16.2. The van der Waals surface area contributed by atoms with E-state index in [2.05, 4.69) is 15.6 Å². The van der Waals surface area contributed by atoms with E-state index < -0.39 is 11.7 Å². The van der Waals surface area contributed by atoms with Crippen LogP contribution in [0.1, 0.15) is 37.3 Å². The molecule has 0 amide bonds. The van der Waals surface area contributed by atoms with E-state index in [0.29, 0.717) is 12.5 Å². The van der Waals surface area contributed by atoms with Gasteiger partial charge in [-0.3, -0.25) is 4.99 Å². The number of alkyl halides is 3. The Morgan fingerprint density at radius 1 is 1.26 bits per heavy atom. The van der Waals surface area contributed by atoms with Gasteiger partial charge in [0.2, 0.25) is 0 Å². The van der Waals surface area contributed by atoms with E-state index in [1.807, 2.05) is 6.92 Å². The van der Waals surface area contributed by atoms with Crippen molar-refractivity contribution < 1.29 is 13.2 Å². The van der Waals surface area contributed by atoms with E-state index >= 15 is 0 Å². The van der Waals surface area contributed by atoms with Gasteiger partial charge in [0.05, 0.1) is 5.56 Å². The second kappa shape index (κ2) is 8.21. The van der Waals surface area contributed by atoms with Gasteiger partial charge in [0.15, 0.2) is 5.96 Å². The fourth-order valence-corrected chi connectivity index (χ4v) is 2.84. The highest BCUT2D eigenvalue weighted by atomic mass is 127. The minimum absolute atomic E-state index is 0. The summed E-state index contributed by atoms with van der Waals surface area (Å²) >= 11 is 0. The number of aliphatic imine (C=N–C) groups is 1. The molecule has 0 aliphatic heterocycles. The molecule has 1 aliphatic rings. The number of halogens is 4. The van der Waals surface area contributed by atoms with Crippen molar-refractivity contribution in [3.63, 3.8) is 0 Å². The predicted octanol–water partition coefficient (Wildman–Crippen LogP) is 3.93. The number of hydrogen-bond donors (Lipinski definition) is 2. The molecule has 0 heterocycles. The first-order valence-corrected chi connectivity index (χ1v) is 7.53. The van der Waals surface area contributed by atoms with Gasteiger partial charge in [0, 0.05) is 25.6 Å². The summed E-state index contributed by atoms with van der Waals surface area (Å²) in [5.74, 6) is 0.681. The van der Waals surface area contributed by atoms with Crippen LogP contribution in [0.4, 0.5) is 13.2 Å². The highest BCUT2D eigenvalue weighted by molar-refractivity contribution is 14.0. The van der Waals surface area contributed by atoms with Crippen LogP contribution in [0.2, 0.25) is 0 Å². The molecule has 0 bridgehead atoms. The number of nitrogens with zero attached hydrogens (tertiary/aromatic N) is 1. The second-order valence-electron chi connectivity index (χ2n) is 5.67. The monoisotopic (exact) mass is 441 g/mol. The molecule has 1 aromatic rings. The Kier molecular flexibility index (Phi) is 7.16. The summed E-state index contributed by atoms with van der Waals surface area (Å²) in [4.78, 5) is 4.10. The SMILES string of the molecule is CCNC(=NC)NCC1(c2cccc(C(F)(F)F)c2)CCC1.I. The van der Waals surface area contributed by atoms with Gasteiger partial charge in [-0.2, -0.15) is 13.2 Å². The third-order valence-electron chi connectivity index (χ3n) is 4.27. The maximum atomic E-state index is 12.9. The molecule has 0 atom stereocenters. The molecule has 0 spiro atoms. The normalized spacial score (nSPS) is 17.0. The van der Waals surface area contributed by atoms with Crippen LogP contribution in [-0.4, -0.2) is 26.1 Å². The molecule has 23 heavy (non-hydrogen) atoms. The quantitative estimate of drug-likeness (QED) is 0.422. The molecule has 0 radical (unpaired) electrons. The molecule has 0 aromatic heterocycles. The van der Waals surface area contributed by atoms with Gasteiger partial charge < -0.3 is 10.6 Å². The molecule has 0 unspecified atom stereocenters. The Morgan fingerprint density at radius 3 is 2.43 bits per heavy atom. The van der Waals surface area contributed by atoms with Crippen LogP contribution in [-0.2, 0) is 11.6 Å². The fourth-order valence-electron chi connectivity index (χ4n) is 2.84. The summed E-state index contributed by atoms with van der Waals surface area (Å²) in [6, 6.07) is 5.71. The average Bonchev–Trinajstić information content (AvgIpc) is 2.44. The van der Waals surface area contributed by atoms with Crippen LogP contribution in [0.15, 0.2) is 29.3 Å². The lowest BCUT2D eigenvalue weighted by atomic mass is 9.64. The summed E-state index contributed by atoms with van der Waals surface area (Å²) < 4.78 is 38.7. The zero-order valence-electron chi connectivity index (χ0n) is 13.3. The van der Waals surface area contributed by atoms with Gasteiger partial charge in [-0.25, -0.2) is 0 Å².